The van der Waals surface area contributed by atoms with Crippen molar-refractivity contribution in [2.45, 2.75) is 12.6 Å². The minimum Gasteiger partial charge on any atom is -0.368 e. The van der Waals surface area contributed by atoms with E-state index in [1.807, 2.05) is 23.9 Å². The Kier molecular flexibility index (Phi) is 3.77. The molecule has 100 valence electrons. The largest absolute Gasteiger partial charge is 0.368 e. The third kappa shape index (κ3) is 2.78. The fourth-order valence-electron chi connectivity index (χ4n) is 1.78. The second-order valence-electron chi connectivity index (χ2n) is 4.15. The molecule has 0 saturated carbocycles. The van der Waals surface area contributed by atoms with E-state index >= 15 is 0 Å². The van der Waals surface area contributed by atoms with E-state index in [-0.39, 0.29) is 6.10 Å². The number of nitrogens with two attached hydrogens (primary N) is 1. The van der Waals surface area contributed by atoms with E-state index in [4.69, 9.17) is 15.0 Å². The fraction of sp³-hybridized carbons (Fsp3) is 0.417. The van der Waals surface area contributed by atoms with Crippen LogP contribution in [0.5, 0.6) is 0 Å². The van der Waals surface area contributed by atoms with E-state index in [0.717, 1.165) is 23.7 Å². The van der Waals surface area contributed by atoms with Crippen LogP contribution in [0.25, 0.3) is 11.6 Å². The molecule has 1 unspecified atom stereocenters. The lowest BCUT2D eigenvalue weighted by molar-refractivity contribution is 0.0677. The maximum Gasteiger partial charge on any atom is 0.276 e. The predicted molar refractivity (Wildman–Crippen MR) is 71.4 cm³/mol. The van der Waals surface area contributed by atoms with Gasteiger partial charge in [-0.25, -0.2) is 0 Å². The first-order valence-electron chi connectivity index (χ1n) is 6.05. The summed E-state index contributed by atoms with van der Waals surface area (Å²) in [5, 5.41) is 3.97. The molecule has 3 heterocycles. The van der Waals surface area contributed by atoms with Crippen molar-refractivity contribution in [2.75, 3.05) is 18.1 Å². The second-order valence-corrected chi connectivity index (χ2v) is 5.30. The molecule has 2 aromatic heterocycles. The zero-order valence-corrected chi connectivity index (χ0v) is 11.1. The molecular formula is C12H14N4O2S. The van der Waals surface area contributed by atoms with Crippen LogP contribution >= 0.6 is 11.8 Å². The Morgan fingerprint density at radius 2 is 2.37 bits per heavy atom. The highest BCUT2D eigenvalue weighted by Crippen LogP contribution is 2.26. The first-order valence-corrected chi connectivity index (χ1v) is 7.20. The van der Waals surface area contributed by atoms with Gasteiger partial charge in [0.1, 0.15) is 11.8 Å². The molecule has 2 aromatic rings. The van der Waals surface area contributed by atoms with E-state index in [0.29, 0.717) is 24.0 Å². The Hall–Kier alpha value is -1.44. The van der Waals surface area contributed by atoms with Crippen LogP contribution in [0, 0.1) is 0 Å². The lowest BCUT2D eigenvalue weighted by atomic mass is 10.2. The van der Waals surface area contributed by atoms with E-state index in [9.17, 15) is 0 Å². The molecule has 0 bridgehead atoms. The van der Waals surface area contributed by atoms with Crippen molar-refractivity contribution in [3.63, 3.8) is 0 Å². The number of thioether (sulfide) groups is 1. The predicted octanol–water partition coefficient (Wildman–Crippen LogP) is 1.39. The second kappa shape index (κ2) is 5.68. The monoisotopic (exact) mass is 278 g/mol. The van der Waals surface area contributed by atoms with Gasteiger partial charge in [0.15, 0.2) is 0 Å². The van der Waals surface area contributed by atoms with Gasteiger partial charge in [0.25, 0.3) is 5.89 Å². The molecule has 1 aliphatic heterocycles. The first kappa shape index (κ1) is 12.6. The smallest absolute Gasteiger partial charge is 0.276 e. The van der Waals surface area contributed by atoms with Crippen LogP contribution < -0.4 is 5.73 Å². The Labute approximate surface area is 114 Å². The molecule has 1 fully saturated rings. The lowest BCUT2D eigenvalue weighted by Crippen LogP contribution is -2.16. The number of hydrogen-bond donors (Lipinski definition) is 1. The van der Waals surface area contributed by atoms with Gasteiger partial charge in [-0.3, -0.25) is 4.98 Å². The van der Waals surface area contributed by atoms with Crippen LogP contribution in [0.3, 0.4) is 0 Å². The SMILES string of the molecule is NCc1ccc(-c2nc(C3CSCCO3)no2)nc1. The molecule has 1 atom stereocenters. The van der Waals surface area contributed by atoms with Gasteiger partial charge in [-0.1, -0.05) is 11.2 Å². The summed E-state index contributed by atoms with van der Waals surface area (Å²) in [7, 11) is 0. The van der Waals surface area contributed by atoms with Crippen molar-refractivity contribution in [1.29, 1.82) is 0 Å². The molecule has 1 saturated heterocycles. The molecule has 2 N–H and O–H groups in total. The molecule has 0 aromatic carbocycles. The Balaban J connectivity index is 1.79. The number of rotatable bonds is 3. The van der Waals surface area contributed by atoms with Crippen molar-refractivity contribution < 1.29 is 9.26 Å². The van der Waals surface area contributed by atoms with Crippen LogP contribution in [0.4, 0.5) is 0 Å². The molecule has 0 spiro atoms. The normalized spacial score (nSPS) is 19.5. The zero-order valence-electron chi connectivity index (χ0n) is 10.3. The summed E-state index contributed by atoms with van der Waals surface area (Å²) in [6.45, 7) is 1.19. The summed E-state index contributed by atoms with van der Waals surface area (Å²) in [6.07, 6.45) is 1.63. The molecule has 1 aliphatic rings. The number of hydrogen-bond acceptors (Lipinski definition) is 7. The maximum absolute atomic E-state index is 5.61. The summed E-state index contributed by atoms with van der Waals surface area (Å²) < 4.78 is 10.8. The van der Waals surface area contributed by atoms with Crippen LogP contribution in [0.1, 0.15) is 17.5 Å². The summed E-state index contributed by atoms with van der Waals surface area (Å²) in [6, 6.07) is 3.73. The van der Waals surface area contributed by atoms with Crippen molar-refractivity contribution >= 4 is 11.8 Å². The highest BCUT2D eigenvalue weighted by molar-refractivity contribution is 7.99. The molecule has 0 aliphatic carbocycles. The average molecular weight is 278 g/mol. The molecule has 7 heteroatoms. The van der Waals surface area contributed by atoms with Gasteiger partial charge in [0, 0.05) is 24.2 Å². The average Bonchev–Trinajstić information content (AvgIpc) is 2.98. The fourth-order valence-corrected chi connectivity index (χ4v) is 2.62. The molecule has 3 rings (SSSR count). The molecular weight excluding hydrogens is 264 g/mol. The zero-order chi connectivity index (χ0) is 13.1. The lowest BCUT2D eigenvalue weighted by Gasteiger charge is -2.18. The topological polar surface area (TPSA) is 87.1 Å². The highest BCUT2D eigenvalue weighted by atomic mass is 32.2. The minimum atomic E-state index is -0.0837. The summed E-state index contributed by atoms with van der Waals surface area (Å²) in [4.78, 5) is 8.61. The third-order valence-corrected chi connectivity index (χ3v) is 3.82. The number of ether oxygens (including phenoxy) is 1. The van der Waals surface area contributed by atoms with Crippen LogP contribution in [-0.4, -0.2) is 33.2 Å². The quantitative estimate of drug-likeness (QED) is 0.907. The Morgan fingerprint density at radius 3 is 3.05 bits per heavy atom. The van der Waals surface area contributed by atoms with Crippen molar-refractivity contribution in [3.8, 4) is 11.6 Å². The molecule has 6 nitrogen and oxygen atoms in total. The molecule has 0 amide bonds. The number of aromatic nitrogens is 3. The van der Waals surface area contributed by atoms with Crippen LogP contribution in [0.15, 0.2) is 22.9 Å². The van der Waals surface area contributed by atoms with Gasteiger partial charge in [0.2, 0.25) is 5.82 Å². The van der Waals surface area contributed by atoms with Gasteiger partial charge in [0.05, 0.1) is 6.61 Å². The first-order chi connectivity index (χ1) is 9.36. The summed E-state index contributed by atoms with van der Waals surface area (Å²) >= 11 is 1.83. The number of pyridine rings is 1. The number of nitrogens with zero attached hydrogens (tertiary/aromatic N) is 3. The Morgan fingerprint density at radius 1 is 1.42 bits per heavy atom. The van der Waals surface area contributed by atoms with Gasteiger partial charge >= 0.3 is 0 Å². The van der Waals surface area contributed by atoms with Gasteiger partial charge in [-0.05, 0) is 11.6 Å². The van der Waals surface area contributed by atoms with Gasteiger partial charge < -0.3 is 15.0 Å². The molecule has 0 radical (unpaired) electrons. The van der Waals surface area contributed by atoms with Crippen molar-refractivity contribution in [1.82, 2.24) is 15.1 Å². The van der Waals surface area contributed by atoms with Crippen LogP contribution in [0.2, 0.25) is 0 Å². The summed E-state index contributed by atoms with van der Waals surface area (Å²) in [5.41, 5.74) is 7.15. The summed E-state index contributed by atoms with van der Waals surface area (Å²) in [5.74, 6) is 2.88. The molecule has 19 heavy (non-hydrogen) atoms. The van der Waals surface area contributed by atoms with E-state index in [1.54, 1.807) is 6.20 Å². The van der Waals surface area contributed by atoms with Crippen molar-refractivity contribution in [2.24, 2.45) is 5.73 Å². The van der Waals surface area contributed by atoms with E-state index in [2.05, 4.69) is 15.1 Å². The van der Waals surface area contributed by atoms with Crippen molar-refractivity contribution in [3.05, 3.63) is 29.7 Å². The Bertz CT molecular complexity index is 537. The third-order valence-electron chi connectivity index (χ3n) is 2.83. The van der Waals surface area contributed by atoms with Crippen LogP contribution in [-0.2, 0) is 11.3 Å². The van der Waals surface area contributed by atoms with Gasteiger partial charge in [-0.15, -0.1) is 0 Å². The standard InChI is InChI=1S/C12H14N4O2S/c13-5-8-1-2-9(14-6-8)12-15-11(16-18-12)10-7-19-4-3-17-10/h1-2,6,10H,3-5,7,13H2. The maximum atomic E-state index is 5.61. The van der Waals surface area contributed by atoms with E-state index in [1.165, 1.54) is 0 Å². The van der Waals surface area contributed by atoms with E-state index < -0.39 is 0 Å². The minimum absolute atomic E-state index is 0.0837. The highest BCUT2D eigenvalue weighted by Gasteiger charge is 2.22. The van der Waals surface area contributed by atoms with Gasteiger partial charge in [-0.2, -0.15) is 16.7 Å².